The van der Waals surface area contributed by atoms with Crippen LogP contribution < -0.4 is 15.2 Å². The van der Waals surface area contributed by atoms with E-state index >= 15 is 0 Å². The summed E-state index contributed by atoms with van der Waals surface area (Å²) in [6, 6.07) is 8.51. The molecule has 154 valence electrons. The molecule has 29 heavy (non-hydrogen) atoms. The molecule has 1 aliphatic carbocycles. The first kappa shape index (κ1) is 21.0. The second kappa shape index (κ2) is 8.73. The molecule has 3 rings (SSSR count). The van der Waals surface area contributed by atoms with Gasteiger partial charge in [-0.1, -0.05) is 30.7 Å². The number of nitrogens with zero attached hydrogens (tertiary/aromatic N) is 1. The van der Waals surface area contributed by atoms with Crippen molar-refractivity contribution in [2.75, 3.05) is 6.61 Å². The molecule has 2 aromatic rings. The highest BCUT2D eigenvalue weighted by Gasteiger charge is 2.38. The fraction of sp³-hybridized carbons (Fsp3) is 0.300. The van der Waals surface area contributed by atoms with Crippen LogP contribution in [0, 0.1) is 5.92 Å². The molecular weight excluding hydrogens is 409 g/mol. The summed E-state index contributed by atoms with van der Waals surface area (Å²) in [4.78, 5) is 17.1. The first-order chi connectivity index (χ1) is 13.7. The van der Waals surface area contributed by atoms with E-state index in [-0.39, 0.29) is 17.2 Å². The number of alkyl halides is 3. The second-order valence-corrected chi connectivity index (χ2v) is 6.97. The van der Waals surface area contributed by atoms with Crippen molar-refractivity contribution < 1.29 is 22.6 Å². The molecule has 0 saturated carbocycles. The van der Waals surface area contributed by atoms with E-state index in [0.29, 0.717) is 24.7 Å². The van der Waals surface area contributed by atoms with Crippen molar-refractivity contribution in [2.45, 2.75) is 25.9 Å². The van der Waals surface area contributed by atoms with Crippen LogP contribution in [0.2, 0.25) is 0 Å². The Morgan fingerprint density at radius 1 is 1.24 bits per heavy atom. The van der Waals surface area contributed by atoms with Crippen LogP contribution in [0.15, 0.2) is 63.8 Å². The Morgan fingerprint density at radius 3 is 2.62 bits per heavy atom. The van der Waals surface area contributed by atoms with Crippen molar-refractivity contribution in [3.8, 4) is 11.6 Å². The molecule has 0 fully saturated rings. The topological polar surface area (TPSA) is 64.2 Å². The molecule has 5 nitrogen and oxygen atoms in total. The second-order valence-electron chi connectivity index (χ2n) is 6.56. The lowest BCUT2D eigenvalue weighted by Crippen LogP contribution is -2.19. The van der Waals surface area contributed by atoms with Gasteiger partial charge in [-0.3, -0.25) is 4.98 Å². The lowest BCUT2D eigenvalue weighted by Gasteiger charge is -2.23. The van der Waals surface area contributed by atoms with Crippen LogP contribution in [-0.2, 0) is 6.42 Å². The van der Waals surface area contributed by atoms with Gasteiger partial charge >= 0.3 is 11.9 Å². The lowest BCUT2D eigenvalue weighted by molar-refractivity contribution is -0.0895. The van der Waals surface area contributed by atoms with Gasteiger partial charge in [-0.25, -0.2) is 9.78 Å². The van der Waals surface area contributed by atoms with Gasteiger partial charge in [-0.15, -0.1) is 0 Å². The third-order valence-electron chi connectivity index (χ3n) is 4.28. The Morgan fingerprint density at radius 2 is 1.97 bits per heavy atom. The molecule has 1 aromatic heterocycles. The maximum atomic E-state index is 13.1. The fourth-order valence-corrected chi connectivity index (χ4v) is 3.06. The minimum atomic E-state index is -4.52. The first-order valence-corrected chi connectivity index (χ1v) is 9.22. The first-order valence-electron chi connectivity index (χ1n) is 8.85. The summed E-state index contributed by atoms with van der Waals surface area (Å²) in [6.07, 6.45) is -1.35. The van der Waals surface area contributed by atoms with Gasteiger partial charge in [-0.05, 0) is 29.7 Å². The number of rotatable bonds is 6. The van der Waals surface area contributed by atoms with E-state index in [1.54, 1.807) is 37.3 Å². The molecule has 1 aliphatic rings. The number of hydrogen-bond acceptors (Lipinski definition) is 4. The highest BCUT2D eigenvalue weighted by atomic mass is 35.5. The van der Waals surface area contributed by atoms with Gasteiger partial charge in [0.15, 0.2) is 5.88 Å². The van der Waals surface area contributed by atoms with E-state index in [0.717, 1.165) is 11.6 Å². The minimum Gasteiger partial charge on any atom is -0.478 e. The summed E-state index contributed by atoms with van der Waals surface area (Å²) in [5, 5.41) is -0.198. The van der Waals surface area contributed by atoms with E-state index < -0.39 is 23.4 Å². The average molecular weight is 427 g/mol. The normalized spacial score (nSPS) is 17.1. The highest BCUT2D eigenvalue weighted by Crippen LogP contribution is 2.40. The van der Waals surface area contributed by atoms with Gasteiger partial charge in [0.2, 0.25) is 0 Å². The summed E-state index contributed by atoms with van der Waals surface area (Å²) >= 11 is 5.83. The molecule has 0 saturated heterocycles. The summed E-state index contributed by atoms with van der Waals surface area (Å²) in [6.45, 7) is 1.96. The molecular formula is C20H18ClF3N2O3. The Labute approximate surface area is 169 Å². The van der Waals surface area contributed by atoms with Gasteiger partial charge in [0.05, 0.1) is 12.2 Å². The Kier molecular flexibility index (Phi) is 6.32. The van der Waals surface area contributed by atoms with Crippen molar-refractivity contribution in [1.82, 2.24) is 9.97 Å². The quantitative estimate of drug-likeness (QED) is 0.724. The van der Waals surface area contributed by atoms with E-state index in [9.17, 15) is 18.0 Å². The van der Waals surface area contributed by atoms with E-state index in [2.05, 4.69) is 9.97 Å². The smallest absolute Gasteiger partial charge is 0.417 e. The monoisotopic (exact) mass is 426 g/mol. The molecule has 1 heterocycles. The largest absolute Gasteiger partial charge is 0.478 e. The van der Waals surface area contributed by atoms with Crippen LogP contribution >= 0.6 is 11.6 Å². The summed E-state index contributed by atoms with van der Waals surface area (Å²) in [7, 11) is 0. The van der Waals surface area contributed by atoms with Crippen molar-refractivity contribution in [3.05, 3.63) is 75.0 Å². The number of ether oxygens (including phenoxy) is 2. The van der Waals surface area contributed by atoms with Crippen LogP contribution in [-0.4, -0.2) is 22.8 Å². The minimum absolute atomic E-state index is 0.198. The van der Waals surface area contributed by atoms with Gasteiger partial charge in [0, 0.05) is 30.1 Å². The number of benzene rings is 1. The van der Waals surface area contributed by atoms with E-state index in [1.165, 1.54) is 6.20 Å². The number of aromatic nitrogens is 2. The zero-order valence-electron chi connectivity index (χ0n) is 15.4. The van der Waals surface area contributed by atoms with E-state index in [1.807, 2.05) is 0 Å². The van der Waals surface area contributed by atoms with Crippen molar-refractivity contribution in [2.24, 2.45) is 5.92 Å². The molecule has 1 aromatic carbocycles. The number of aromatic amines is 1. The average Bonchev–Trinajstić information content (AvgIpc) is 2.65. The van der Waals surface area contributed by atoms with Crippen LogP contribution in [0.1, 0.15) is 18.9 Å². The maximum absolute atomic E-state index is 13.1. The van der Waals surface area contributed by atoms with Gasteiger partial charge in [0.1, 0.15) is 11.5 Å². The summed E-state index contributed by atoms with van der Waals surface area (Å²) in [5.74, 6) is 0.512. The predicted octanol–water partition coefficient (Wildman–Crippen LogP) is 4.75. The van der Waals surface area contributed by atoms with Crippen LogP contribution in [0.4, 0.5) is 13.2 Å². The molecule has 9 heteroatoms. The highest BCUT2D eigenvalue weighted by molar-refractivity contribution is 6.30. The standard InChI is InChI=1S/C20H18ClF3N2O3/c1-12-10-15(11-16(18(12)21)20(22,23)24)29-14-4-2-13(3-5-14)7-9-28-17-6-8-25-19(27)26-17/h2-6,8,11-12H,7,9-10H2,1H3,(H,25,26,27). The van der Waals surface area contributed by atoms with Crippen molar-refractivity contribution in [3.63, 3.8) is 0 Å². The van der Waals surface area contributed by atoms with Gasteiger partial charge < -0.3 is 9.47 Å². The van der Waals surface area contributed by atoms with E-state index in [4.69, 9.17) is 21.1 Å². The maximum Gasteiger partial charge on any atom is 0.417 e. The Balaban J connectivity index is 1.60. The molecule has 0 amide bonds. The lowest BCUT2D eigenvalue weighted by atomic mass is 9.95. The molecule has 0 aliphatic heterocycles. The number of halogens is 4. The molecule has 1 N–H and O–H groups in total. The van der Waals surface area contributed by atoms with Crippen LogP contribution in [0.25, 0.3) is 0 Å². The molecule has 1 unspecified atom stereocenters. The number of hydrogen-bond donors (Lipinski definition) is 1. The third kappa shape index (κ3) is 5.63. The number of nitrogens with one attached hydrogen (secondary N) is 1. The van der Waals surface area contributed by atoms with Gasteiger partial charge in [0.25, 0.3) is 0 Å². The Bertz CT molecular complexity index is 981. The van der Waals surface area contributed by atoms with Crippen LogP contribution in [0.3, 0.4) is 0 Å². The number of allylic oxidation sites excluding steroid dienone is 4. The van der Waals surface area contributed by atoms with Crippen LogP contribution in [0.5, 0.6) is 11.6 Å². The van der Waals surface area contributed by atoms with Gasteiger partial charge in [-0.2, -0.15) is 13.2 Å². The molecule has 0 bridgehead atoms. The molecule has 1 atom stereocenters. The summed E-state index contributed by atoms with van der Waals surface area (Å²) < 4.78 is 50.4. The fourth-order valence-electron chi connectivity index (χ4n) is 2.82. The zero-order chi connectivity index (χ0) is 21.0. The Hall–Kier alpha value is -2.74. The summed E-state index contributed by atoms with van der Waals surface area (Å²) in [5.41, 5.74) is -0.408. The van der Waals surface area contributed by atoms with Crippen molar-refractivity contribution in [1.29, 1.82) is 0 Å². The third-order valence-corrected chi connectivity index (χ3v) is 4.85. The predicted molar refractivity (Wildman–Crippen MR) is 102 cm³/mol. The molecule has 0 spiro atoms. The number of H-pyrrole nitrogens is 1. The molecule has 0 radical (unpaired) electrons. The van der Waals surface area contributed by atoms with Crippen molar-refractivity contribution >= 4 is 11.6 Å². The SMILES string of the molecule is CC1CC(Oc2ccc(CCOc3ccnc(=O)[nH]3)cc2)=CC(C(F)(F)F)=C1Cl. The zero-order valence-corrected chi connectivity index (χ0v) is 16.2.